The second-order valence-electron chi connectivity index (χ2n) is 6.63. The Labute approximate surface area is 153 Å². The van der Waals surface area contributed by atoms with Gasteiger partial charge in [-0.05, 0) is 61.9 Å². The number of halogens is 4. The highest BCUT2D eigenvalue weighted by molar-refractivity contribution is 5.90. The van der Waals surface area contributed by atoms with Gasteiger partial charge >= 0.3 is 6.18 Å². The monoisotopic (exact) mass is 378 g/mol. The van der Waals surface area contributed by atoms with Crippen LogP contribution in [0.1, 0.15) is 38.2 Å². The Hall–Kier alpha value is -1.27. The van der Waals surface area contributed by atoms with E-state index in [0.717, 1.165) is 25.9 Å². The van der Waals surface area contributed by atoms with E-state index in [0.29, 0.717) is 29.5 Å². The SMILES string of the molecule is CC(CC(=O)Nc1cccc(CCC(F)(F)F)c1)C1CCNCC1.Cl. The van der Waals surface area contributed by atoms with E-state index in [1.54, 1.807) is 24.3 Å². The van der Waals surface area contributed by atoms with Gasteiger partial charge in [0.25, 0.3) is 0 Å². The molecule has 1 aromatic rings. The highest BCUT2D eigenvalue weighted by Gasteiger charge is 2.26. The third-order valence-corrected chi connectivity index (χ3v) is 4.60. The fourth-order valence-corrected chi connectivity index (χ4v) is 3.18. The first-order valence-electron chi connectivity index (χ1n) is 8.50. The van der Waals surface area contributed by atoms with Crippen molar-refractivity contribution in [2.45, 2.75) is 45.2 Å². The summed E-state index contributed by atoms with van der Waals surface area (Å²) in [4.78, 5) is 12.2. The number of rotatable bonds is 6. The molecule has 1 fully saturated rings. The molecule has 0 aliphatic carbocycles. The molecular weight excluding hydrogens is 353 g/mol. The average molecular weight is 379 g/mol. The van der Waals surface area contributed by atoms with Crippen LogP contribution in [-0.2, 0) is 11.2 Å². The number of carbonyl (C=O) groups is 1. The van der Waals surface area contributed by atoms with Crippen LogP contribution in [-0.4, -0.2) is 25.2 Å². The number of anilines is 1. The summed E-state index contributed by atoms with van der Waals surface area (Å²) in [7, 11) is 0. The standard InChI is InChI=1S/C18H25F3N2O.ClH/c1-13(15-6-9-22-10-7-15)11-17(24)23-16-4-2-3-14(12-16)5-8-18(19,20)21;/h2-4,12-13,15,22H,5-11H2,1H3,(H,23,24);1H. The average Bonchev–Trinajstić information content (AvgIpc) is 2.53. The van der Waals surface area contributed by atoms with Crippen molar-refractivity contribution in [1.29, 1.82) is 0 Å². The number of alkyl halides is 3. The Balaban J connectivity index is 0.00000312. The van der Waals surface area contributed by atoms with Gasteiger partial charge in [-0.25, -0.2) is 0 Å². The number of aryl methyl sites for hydroxylation is 1. The van der Waals surface area contributed by atoms with Crippen molar-refractivity contribution in [2.24, 2.45) is 11.8 Å². The van der Waals surface area contributed by atoms with Gasteiger partial charge in [0, 0.05) is 18.5 Å². The minimum absolute atomic E-state index is 0. The van der Waals surface area contributed by atoms with Gasteiger partial charge in [0.05, 0.1) is 0 Å². The molecule has 0 spiro atoms. The lowest BCUT2D eigenvalue weighted by atomic mass is 9.84. The zero-order valence-corrected chi connectivity index (χ0v) is 15.2. The fourth-order valence-electron chi connectivity index (χ4n) is 3.18. The summed E-state index contributed by atoms with van der Waals surface area (Å²) in [5.41, 5.74) is 1.15. The normalized spacial score (nSPS) is 16.8. The number of nitrogens with one attached hydrogen (secondary N) is 2. The second kappa shape index (κ2) is 10.0. The third kappa shape index (κ3) is 8.10. The molecule has 3 nitrogen and oxygen atoms in total. The van der Waals surface area contributed by atoms with E-state index in [4.69, 9.17) is 0 Å². The molecule has 0 bridgehead atoms. The van der Waals surface area contributed by atoms with E-state index < -0.39 is 12.6 Å². The van der Waals surface area contributed by atoms with Gasteiger partial charge in [0.1, 0.15) is 0 Å². The number of piperidine rings is 1. The largest absolute Gasteiger partial charge is 0.389 e. The van der Waals surface area contributed by atoms with Crippen LogP contribution in [0.4, 0.5) is 18.9 Å². The first-order chi connectivity index (χ1) is 11.3. The fraction of sp³-hybridized carbons (Fsp3) is 0.611. The van der Waals surface area contributed by atoms with Gasteiger partial charge in [0.2, 0.25) is 5.91 Å². The van der Waals surface area contributed by atoms with Gasteiger partial charge in [-0.2, -0.15) is 13.2 Å². The van der Waals surface area contributed by atoms with Gasteiger partial charge in [0.15, 0.2) is 0 Å². The number of hydrogen-bond acceptors (Lipinski definition) is 2. The molecule has 1 unspecified atom stereocenters. The van der Waals surface area contributed by atoms with Gasteiger partial charge < -0.3 is 10.6 Å². The maximum Gasteiger partial charge on any atom is 0.389 e. The number of amides is 1. The van der Waals surface area contributed by atoms with E-state index >= 15 is 0 Å². The van der Waals surface area contributed by atoms with Crippen molar-refractivity contribution in [2.75, 3.05) is 18.4 Å². The van der Waals surface area contributed by atoms with Crippen LogP contribution in [0.2, 0.25) is 0 Å². The molecule has 0 radical (unpaired) electrons. The van der Waals surface area contributed by atoms with Crippen molar-refractivity contribution in [3.05, 3.63) is 29.8 Å². The summed E-state index contributed by atoms with van der Waals surface area (Å²) in [5, 5.41) is 6.12. The lowest BCUT2D eigenvalue weighted by molar-refractivity contribution is -0.134. The summed E-state index contributed by atoms with van der Waals surface area (Å²) in [6.07, 6.45) is -2.47. The first-order valence-corrected chi connectivity index (χ1v) is 8.50. The van der Waals surface area contributed by atoms with Crippen LogP contribution in [0.3, 0.4) is 0 Å². The highest BCUT2D eigenvalue weighted by Crippen LogP contribution is 2.25. The maximum atomic E-state index is 12.3. The lowest BCUT2D eigenvalue weighted by Crippen LogP contribution is -2.32. The molecule has 2 rings (SSSR count). The van der Waals surface area contributed by atoms with Crippen LogP contribution in [0.25, 0.3) is 0 Å². The number of benzene rings is 1. The molecule has 1 aliphatic heterocycles. The van der Waals surface area contributed by atoms with Crippen LogP contribution < -0.4 is 10.6 Å². The van der Waals surface area contributed by atoms with E-state index in [1.807, 2.05) is 0 Å². The zero-order chi connectivity index (χ0) is 17.6. The molecule has 1 aromatic carbocycles. The lowest BCUT2D eigenvalue weighted by Gasteiger charge is -2.27. The maximum absolute atomic E-state index is 12.3. The molecule has 1 aliphatic rings. The van der Waals surface area contributed by atoms with Gasteiger partial charge in [-0.15, -0.1) is 12.4 Å². The molecule has 25 heavy (non-hydrogen) atoms. The van der Waals surface area contributed by atoms with Crippen molar-refractivity contribution >= 4 is 24.0 Å². The predicted molar refractivity (Wildman–Crippen MR) is 96.1 cm³/mol. The predicted octanol–water partition coefficient (Wildman–Crippen LogP) is 4.57. The van der Waals surface area contributed by atoms with Crippen LogP contribution in [0.15, 0.2) is 24.3 Å². The molecule has 142 valence electrons. The first kappa shape index (κ1) is 21.8. The van der Waals surface area contributed by atoms with Crippen molar-refractivity contribution in [3.63, 3.8) is 0 Å². The van der Waals surface area contributed by atoms with E-state index in [2.05, 4.69) is 17.6 Å². The Morgan fingerprint density at radius 2 is 2.00 bits per heavy atom. The van der Waals surface area contributed by atoms with Gasteiger partial charge in [-0.3, -0.25) is 4.79 Å². The molecular formula is C18H26ClF3N2O. The van der Waals surface area contributed by atoms with Crippen LogP contribution in [0.5, 0.6) is 0 Å². The van der Waals surface area contributed by atoms with Crippen LogP contribution >= 0.6 is 12.4 Å². The molecule has 0 saturated carbocycles. The number of hydrogen-bond donors (Lipinski definition) is 2. The minimum atomic E-state index is -4.16. The van der Waals surface area contributed by atoms with E-state index in [9.17, 15) is 18.0 Å². The van der Waals surface area contributed by atoms with Crippen LogP contribution in [0, 0.1) is 11.8 Å². The van der Waals surface area contributed by atoms with Crippen molar-refractivity contribution in [3.8, 4) is 0 Å². The van der Waals surface area contributed by atoms with Gasteiger partial charge in [-0.1, -0.05) is 19.1 Å². The Morgan fingerprint density at radius 3 is 2.64 bits per heavy atom. The Morgan fingerprint density at radius 1 is 1.32 bits per heavy atom. The molecule has 1 amide bonds. The second-order valence-corrected chi connectivity index (χ2v) is 6.63. The third-order valence-electron chi connectivity index (χ3n) is 4.60. The summed E-state index contributed by atoms with van der Waals surface area (Å²) in [5.74, 6) is 0.782. The molecule has 1 saturated heterocycles. The molecule has 0 aromatic heterocycles. The van der Waals surface area contributed by atoms with E-state index in [-0.39, 0.29) is 24.7 Å². The quantitative estimate of drug-likeness (QED) is 0.761. The smallest absolute Gasteiger partial charge is 0.326 e. The summed E-state index contributed by atoms with van der Waals surface area (Å²) in [6, 6.07) is 6.67. The minimum Gasteiger partial charge on any atom is -0.326 e. The Bertz CT molecular complexity index is 545. The Kier molecular flexibility index (Phi) is 8.73. The topological polar surface area (TPSA) is 41.1 Å². The zero-order valence-electron chi connectivity index (χ0n) is 14.4. The van der Waals surface area contributed by atoms with Crippen molar-refractivity contribution in [1.82, 2.24) is 5.32 Å². The number of carbonyl (C=O) groups excluding carboxylic acids is 1. The summed E-state index contributed by atoms with van der Waals surface area (Å²) in [6.45, 7) is 4.09. The van der Waals surface area contributed by atoms with Crippen molar-refractivity contribution < 1.29 is 18.0 Å². The summed E-state index contributed by atoms with van der Waals surface area (Å²) >= 11 is 0. The molecule has 1 atom stereocenters. The summed E-state index contributed by atoms with van der Waals surface area (Å²) < 4.78 is 36.9. The van der Waals surface area contributed by atoms with E-state index in [1.165, 1.54) is 0 Å². The highest BCUT2D eigenvalue weighted by atomic mass is 35.5. The molecule has 1 heterocycles. The molecule has 2 N–H and O–H groups in total. The molecule has 7 heteroatoms.